The number of hydrogen-bond acceptors (Lipinski definition) is 4. The molecule has 0 unspecified atom stereocenters. The first-order valence-corrected chi connectivity index (χ1v) is 7.42. The Bertz CT molecular complexity index is 722. The summed E-state index contributed by atoms with van der Waals surface area (Å²) < 4.78 is 5.42. The summed E-state index contributed by atoms with van der Waals surface area (Å²) in [5, 5.41) is 1.25. The van der Waals surface area contributed by atoms with Crippen molar-refractivity contribution in [2.75, 3.05) is 27.2 Å². The van der Waals surface area contributed by atoms with Gasteiger partial charge in [-0.2, -0.15) is 0 Å². The van der Waals surface area contributed by atoms with Crippen LogP contribution in [0.15, 0.2) is 29.1 Å². The van der Waals surface area contributed by atoms with Crippen LogP contribution in [0.5, 0.6) is 0 Å². The summed E-state index contributed by atoms with van der Waals surface area (Å²) >= 11 is 0. The van der Waals surface area contributed by atoms with E-state index in [0.29, 0.717) is 5.92 Å². The molecule has 3 aromatic rings. The molecule has 2 aromatic heterocycles. The second-order valence-corrected chi connectivity index (χ2v) is 5.51. The fourth-order valence-electron chi connectivity index (χ4n) is 3.21. The van der Waals surface area contributed by atoms with E-state index in [1.54, 1.807) is 0 Å². The van der Waals surface area contributed by atoms with Gasteiger partial charge in [-0.1, -0.05) is 0 Å². The molecule has 112 valence electrons. The molecular formula is C16H22N4O. The van der Waals surface area contributed by atoms with Crippen LogP contribution in [0.3, 0.4) is 0 Å². The molecule has 0 amide bonds. The second-order valence-electron chi connectivity index (χ2n) is 5.51. The predicted molar refractivity (Wildman–Crippen MR) is 85.4 cm³/mol. The Hall–Kier alpha value is -1.85. The van der Waals surface area contributed by atoms with Crippen LogP contribution >= 0.6 is 0 Å². The first-order chi connectivity index (χ1) is 10.3. The summed E-state index contributed by atoms with van der Waals surface area (Å²) in [6.45, 7) is 2.35. The molecule has 5 nitrogen and oxygen atoms in total. The fourth-order valence-corrected chi connectivity index (χ4v) is 3.21. The fraction of sp³-hybridized carbons (Fsp3) is 0.438. The van der Waals surface area contributed by atoms with Crippen molar-refractivity contribution in [1.82, 2.24) is 14.9 Å². The quantitative estimate of drug-likeness (QED) is 0.721. The maximum atomic E-state index is 5.42. The lowest BCUT2D eigenvalue weighted by Gasteiger charge is -2.28. The zero-order valence-electron chi connectivity index (χ0n) is 12.6. The summed E-state index contributed by atoms with van der Waals surface area (Å²) in [5.74, 6) is 0.632. The van der Waals surface area contributed by atoms with Gasteiger partial charge in [0.25, 0.3) is 0 Å². The number of nitrogens with two attached hydrogens (primary N) is 1. The average Bonchev–Trinajstić information content (AvgIpc) is 3.15. The standard InChI is InChI=1S/C15H17N3O.CH5N/c1-18-6-4-10(5-7-18)11-8-16-12-2-3-13-15(14(11)12)17-9-19-13;1-2/h2-3,8-10,16H,4-7H2,1H3;2H2,1H3. The van der Waals surface area contributed by atoms with Crippen molar-refractivity contribution in [2.24, 2.45) is 5.73 Å². The third-order valence-electron chi connectivity index (χ3n) is 4.33. The second kappa shape index (κ2) is 5.87. The highest BCUT2D eigenvalue weighted by Gasteiger charge is 2.22. The Balaban J connectivity index is 0.000000636. The van der Waals surface area contributed by atoms with Gasteiger partial charge in [0, 0.05) is 17.1 Å². The van der Waals surface area contributed by atoms with Gasteiger partial charge in [-0.15, -0.1) is 0 Å². The lowest BCUT2D eigenvalue weighted by Crippen LogP contribution is -2.29. The number of hydrogen-bond donors (Lipinski definition) is 2. The largest absolute Gasteiger partial charge is 0.443 e. The number of nitrogens with zero attached hydrogens (tertiary/aromatic N) is 2. The highest BCUT2D eigenvalue weighted by Crippen LogP contribution is 2.36. The first-order valence-electron chi connectivity index (χ1n) is 7.42. The van der Waals surface area contributed by atoms with E-state index in [-0.39, 0.29) is 0 Å². The Morgan fingerprint density at radius 1 is 1.29 bits per heavy atom. The molecule has 3 N–H and O–H groups in total. The van der Waals surface area contributed by atoms with Crippen molar-refractivity contribution >= 4 is 22.0 Å². The Labute approximate surface area is 124 Å². The first kappa shape index (κ1) is 14.1. The van der Waals surface area contributed by atoms with Gasteiger partial charge in [0.2, 0.25) is 0 Å². The Morgan fingerprint density at radius 2 is 2.05 bits per heavy atom. The lowest BCUT2D eigenvalue weighted by molar-refractivity contribution is 0.256. The molecule has 21 heavy (non-hydrogen) atoms. The van der Waals surface area contributed by atoms with Crippen molar-refractivity contribution in [3.8, 4) is 0 Å². The molecule has 0 radical (unpaired) electrons. The summed E-state index contributed by atoms with van der Waals surface area (Å²) in [6, 6.07) is 4.07. The van der Waals surface area contributed by atoms with Crippen molar-refractivity contribution < 1.29 is 4.42 Å². The van der Waals surface area contributed by atoms with Crippen molar-refractivity contribution in [3.63, 3.8) is 0 Å². The van der Waals surface area contributed by atoms with Crippen molar-refractivity contribution in [3.05, 3.63) is 30.3 Å². The lowest BCUT2D eigenvalue weighted by atomic mass is 9.89. The molecule has 3 heterocycles. The van der Waals surface area contributed by atoms with Gasteiger partial charge in [-0.05, 0) is 63.6 Å². The molecule has 1 fully saturated rings. The Morgan fingerprint density at radius 3 is 2.81 bits per heavy atom. The maximum absolute atomic E-state index is 5.42. The predicted octanol–water partition coefficient (Wildman–Crippen LogP) is 2.69. The van der Waals surface area contributed by atoms with Gasteiger partial charge >= 0.3 is 0 Å². The number of fused-ring (bicyclic) bond motifs is 3. The van der Waals surface area contributed by atoms with Gasteiger partial charge < -0.3 is 20.0 Å². The molecule has 0 atom stereocenters. The van der Waals surface area contributed by atoms with E-state index in [4.69, 9.17) is 4.42 Å². The number of aromatic amines is 1. The van der Waals surface area contributed by atoms with Gasteiger partial charge in [0.05, 0.1) is 0 Å². The topological polar surface area (TPSA) is 71.1 Å². The van der Waals surface area contributed by atoms with E-state index in [0.717, 1.165) is 16.6 Å². The smallest absolute Gasteiger partial charge is 0.182 e. The van der Waals surface area contributed by atoms with E-state index in [1.165, 1.54) is 50.3 Å². The highest BCUT2D eigenvalue weighted by molar-refractivity contribution is 6.04. The third-order valence-corrected chi connectivity index (χ3v) is 4.33. The van der Waals surface area contributed by atoms with Crippen LogP contribution in [0.2, 0.25) is 0 Å². The van der Waals surface area contributed by atoms with Gasteiger partial charge in [0.1, 0.15) is 5.52 Å². The number of likely N-dealkylation sites (tertiary alicyclic amines) is 1. The summed E-state index contributed by atoms with van der Waals surface area (Å²) in [4.78, 5) is 10.2. The van der Waals surface area contributed by atoms with Crippen molar-refractivity contribution in [2.45, 2.75) is 18.8 Å². The molecule has 1 aromatic carbocycles. The third kappa shape index (κ3) is 2.43. The van der Waals surface area contributed by atoms with E-state index in [2.05, 4.69) is 39.9 Å². The van der Waals surface area contributed by atoms with Gasteiger partial charge in [-0.25, -0.2) is 4.98 Å². The molecular weight excluding hydrogens is 264 g/mol. The van der Waals surface area contributed by atoms with E-state index in [1.807, 2.05) is 6.07 Å². The number of aromatic nitrogens is 2. The van der Waals surface area contributed by atoms with Crippen LogP contribution in [0.4, 0.5) is 0 Å². The minimum atomic E-state index is 0.632. The molecule has 1 aliphatic heterocycles. The van der Waals surface area contributed by atoms with Crippen LogP contribution in [-0.4, -0.2) is 42.1 Å². The van der Waals surface area contributed by atoms with Gasteiger partial charge in [-0.3, -0.25) is 0 Å². The zero-order valence-corrected chi connectivity index (χ0v) is 12.6. The number of oxazole rings is 1. The number of nitrogens with one attached hydrogen (secondary N) is 1. The summed E-state index contributed by atoms with van der Waals surface area (Å²) in [5.41, 5.74) is 8.94. The number of piperidine rings is 1. The highest BCUT2D eigenvalue weighted by atomic mass is 16.3. The van der Waals surface area contributed by atoms with Crippen LogP contribution in [0.1, 0.15) is 24.3 Å². The monoisotopic (exact) mass is 286 g/mol. The van der Waals surface area contributed by atoms with Crippen LogP contribution in [0, 0.1) is 0 Å². The molecule has 0 spiro atoms. The van der Waals surface area contributed by atoms with Crippen molar-refractivity contribution in [1.29, 1.82) is 0 Å². The molecule has 0 saturated carbocycles. The average molecular weight is 286 g/mol. The molecule has 1 saturated heterocycles. The zero-order chi connectivity index (χ0) is 14.8. The van der Waals surface area contributed by atoms with Crippen LogP contribution in [-0.2, 0) is 0 Å². The normalized spacial score (nSPS) is 17.1. The van der Waals surface area contributed by atoms with E-state index in [9.17, 15) is 0 Å². The maximum Gasteiger partial charge on any atom is 0.182 e. The SMILES string of the molecule is CN.CN1CCC(c2c[nH]c3ccc4ocnc4c23)CC1. The minimum Gasteiger partial charge on any atom is -0.443 e. The molecule has 4 rings (SSSR count). The van der Waals surface area contributed by atoms with Crippen LogP contribution < -0.4 is 5.73 Å². The van der Waals surface area contributed by atoms with Gasteiger partial charge in [0.15, 0.2) is 12.0 Å². The van der Waals surface area contributed by atoms with E-state index >= 15 is 0 Å². The Kier molecular flexibility index (Phi) is 3.94. The molecule has 0 aliphatic carbocycles. The van der Waals surface area contributed by atoms with E-state index < -0.39 is 0 Å². The van der Waals surface area contributed by atoms with Crippen LogP contribution in [0.25, 0.3) is 22.0 Å². The number of H-pyrrole nitrogens is 1. The number of rotatable bonds is 1. The summed E-state index contributed by atoms with van der Waals surface area (Å²) in [7, 11) is 3.70. The number of benzene rings is 1. The molecule has 0 bridgehead atoms. The summed E-state index contributed by atoms with van der Waals surface area (Å²) in [6.07, 6.45) is 6.14. The molecule has 1 aliphatic rings. The minimum absolute atomic E-state index is 0.632. The molecule has 5 heteroatoms.